The standard InChI is InChI=1S/C23H22F6N2O/c1-14-5-6-17(23(27,28)29)12-20(14)30-7-9-31(10-8-30)21(32)19-13-18(19)15-3-2-4-16(11-15)22(24,25)26/h2-6,11-12,18-19H,7-10,13H2,1H3/t18-,19-/m1/s1. The maximum Gasteiger partial charge on any atom is 0.416 e. The summed E-state index contributed by atoms with van der Waals surface area (Å²) in [5.74, 6) is -0.679. The Morgan fingerprint density at radius 3 is 2.12 bits per heavy atom. The maximum atomic E-state index is 13.1. The van der Waals surface area contributed by atoms with Gasteiger partial charge in [-0.3, -0.25) is 4.79 Å². The van der Waals surface area contributed by atoms with Crippen molar-refractivity contribution in [2.75, 3.05) is 31.1 Å². The van der Waals surface area contributed by atoms with Gasteiger partial charge in [0.15, 0.2) is 0 Å². The van der Waals surface area contributed by atoms with E-state index in [-0.39, 0.29) is 17.7 Å². The molecule has 0 N–H and O–H groups in total. The van der Waals surface area contributed by atoms with Crippen LogP contribution in [0.1, 0.15) is 34.6 Å². The van der Waals surface area contributed by atoms with Crippen molar-refractivity contribution < 1.29 is 31.1 Å². The van der Waals surface area contributed by atoms with Crippen molar-refractivity contribution in [2.24, 2.45) is 5.92 Å². The summed E-state index contributed by atoms with van der Waals surface area (Å²) < 4.78 is 78.0. The van der Waals surface area contributed by atoms with Gasteiger partial charge in [-0.25, -0.2) is 0 Å². The van der Waals surface area contributed by atoms with Crippen molar-refractivity contribution in [3.63, 3.8) is 0 Å². The first-order valence-corrected chi connectivity index (χ1v) is 10.3. The SMILES string of the molecule is Cc1ccc(C(F)(F)F)cc1N1CCN(C(=O)[C@@H]2C[C@@H]2c2cccc(C(F)(F)F)c2)CC1. The van der Waals surface area contributed by atoms with Crippen LogP contribution in [0.4, 0.5) is 32.0 Å². The van der Waals surface area contributed by atoms with E-state index >= 15 is 0 Å². The first-order valence-electron chi connectivity index (χ1n) is 10.3. The summed E-state index contributed by atoms with van der Waals surface area (Å²) in [5.41, 5.74) is 0.304. The van der Waals surface area contributed by atoms with E-state index in [0.717, 1.165) is 29.8 Å². The first-order chi connectivity index (χ1) is 14.9. The lowest BCUT2D eigenvalue weighted by molar-refractivity contribution is -0.138. The van der Waals surface area contributed by atoms with Crippen molar-refractivity contribution in [3.05, 3.63) is 64.7 Å². The number of rotatable bonds is 3. The number of carbonyl (C=O) groups excluding carboxylic acids is 1. The third kappa shape index (κ3) is 4.56. The number of carbonyl (C=O) groups is 1. The summed E-state index contributed by atoms with van der Waals surface area (Å²) in [6.07, 6.45) is -8.35. The van der Waals surface area contributed by atoms with E-state index in [4.69, 9.17) is 0 Å². The van der Waals surface area contributed by atoms with Gasteiger partial charge in [0.2, 0.25) is 5.91 Å². The molecule has 1 aliphatic carbocycles. The molecule has 1 aliphatic heterocycles. The Kier molecular flexibility index (Phi) is 5.63. The topological polar surface area (TPSA) is 23.6 Å². The van der Waals surface area contributed by atoms with Crippen LogP contribution in [-0.2, 0) is 17.1 Å². The van der Waals surface area contributed by atoms with Crippen LogP contribution in [0.25, 0.3) is 0 Å². The zero-order valence-electron chi connectivity index (χ0n) is 17.3. The lowest BCUT2D eigenvalue weighted by Gasteiger charge is -2.37. The highest BCUT2D eigenvalue weighted by Gasteiger charge is 2.46. The van der Waals surface area contributed by atoms with E-state index in [1.54, 1.807) is 17.9 Å². The van der Waals surface area contributed by atoms with Crippen LogP contribution in [0.15, 0.2) is 42.5 Å². The van der Waals surface area contributed by atoms with Crippen LogP contribution >= 0.6 is 0 Å². The number of benzene rings is 2. The average Bonchev–Trinajstić information content (AvgIpc) is 3.53. The second-order valence-electron chi connectivity index (χ2n) is 8.38. The molecule has 3 nitrogen and oxygen atoms in total. The smallest absolute Gasteiger partial charge is 0.368 e. The van der Waals surface area contributed by atoms with E-state index in [2.05, 4.69) is 0 Å². The molecule has 9 heteroatoms. The van der Waals surface area contributed by atoms with Crippen LogP contribution in [-0.4, -0.2) is 37.0 Å². The minimum absolute atomic E-state index is 0.104. The Morgan fingerprint density at radius 1 is 0.875 bits per heavy atom. The molecule has 0 radical (unpaired) electrons. The first kappa shape index (κ1) is 22.5. The van der Waals surface area contributed by atoms with E-state index in [1.165, 1.54) is 12.1 Å². The molecule has 32 heavy (non-hydrogen) atoms. The van der Waals surface area contributed by atoms with Gasteiger partial charge in [0.25, 0.3) is 0 Å². The number of hydrogen-bond acceptors (Lipinski definition) is 2. The molecule has 2 aliphatic rings. The van der Waals surface area contributed by atoms with Gasteiger partial charge < -0.3 is 9.80 Å². The molecule has 2 aromatic rings. The molecule has 0 spiro atoms. The molecule has 172 valence electrons. The van der Waals surface area contributed by atoms with Gasteiger partial charge in [-0.15, -0.1) is 0 Å². The Bertz CT molecular complexity index is 1010. The summed E-state index contributed by atoms with van der Waals surface area (Å²) in [5, 5.41) is 0. The van der Waals surface area contributed by atoms with Gasteiger partial charge in [0.1, 0.15) is 0 Å². The Balaban J connectivity index is 1.38. The van der Waals surface area contributed by atoms with Gasteiger partial charge in [0.05, 0.1) is 11.1 Å². The molecule has 0 unspecified atom stereocenters. The Morgan fingerprint density at radius 2 is 1.50 bits per heavy atom. The normalized spacial score (nSPS) is 21.6. The number of piperazine rings is 1. The maximum absolute atomic E-state index is 13.1. The van der Waals surface area contributed by atoms with Gasteiger partial charge in [-0.1, -0.05) is 24.3 Å². The predicted octanol–water partition coefficient (Wildman–Crippen LogP) is 5.48. The van der Waals surface area contributed by atoms with E-state index in [0.29, 0.717) is 43.9 Å². The van der Waals surface area contributed by atoms with Crippen LogP contribution < -0.4 is 4.90 Å². The molecule has 2 atom stereocenters. The molecule has 1 saturated carbocycles. The van der Waals surface area contributed by atoms with Crippen LogP contribution in [0.3, 0.4) is 0 Å². The highest BCUT2D eigenvalue weighted by Crippen LogP contribution is 2.49. The van der Waals surface area contributed by atoms with Crippen LogP contribution in [0, 0.1) is 12.8 Å². The van der Waals surface area contributed by atoms with E-state index < -0.39 is 23.5 Å². The third-order valence-corrected chi connectivity index (χ3v) is 6.22. The predicted molar refractivity (Wildman–Crippen MR) is 107 cm³/mol. The number of aryl methyl sites for hydroxylation is 1. The number of hydrogen-bond donors (Lipinski definition) is 0. The Hall–Kier alpha value is -2.71. The van der Waals surface area contributed by atoms with Gasteiger partial charge in [-0.05, 0) is 48.6 Å². The highest BCUT2D eigenvalue weighted by molar-refractivity contribution is 5.83. The zero-order valence-corrected chi connectivity index (χ0v) is 17.3. The summed E-state index contributed by atoms with van der Waals surface area (Å²) in [6, 6.07) is 8.72. The Labute approximate surface area is 181 Å². The number of amides is 1. The van der Waals surface area contributed by atoms with Crippen LogP contribution in [0.5, 0.6) is 0 Å². The van der Waals surface area contributed by atoms with Crippen molar-refractivity contribution in [2.45, 2.75) is 31.6 Å². The lowest BCUT2D eigenvalue weighted by atomic mass is 10.0. The fourth-order valence-corrected chi connectivity index (χ4v) is 4.31. The molecule has 1 amide bonds. The lowest BCUT2D eigenvalue weighted by Crippen LogP contribution is -2.49. The zero-order chi connectivity index (χ0) is 23.3. The summed E-state index contributed by atoms with van der Waals surface area (Å²) >= 11 is 0. The molecular weight excluding hydrogens is 434 g/mol. The average molecular weight is 456 g/mol. The molecule has 2 fully saturated rings. The van der Waals surface area contributed by atoms with Crippen LogP contribution in [0.2, 0.25) is 0 Å². The van der Waals surface area contributed by atoms with Gasteiger partial charge >= 0.3 is 12.4 Å². The monoisotopic (exact) mass is 456 g/mol. The number of halogens is 6. The number of nitrogens with zero attached hydrogens (tertiary/aromatic N) is 2. The molecule has 0 bridgehead atoms. The van der Waals surface area contributed by atoms with Crippen molar-refractivity contribution in [1.82, 2.24) is 4.90 Å². The molecule has 2 aromatic carbocycles. The van der Waals surface area contributed by atoms with E-state index in [1.807, 2.05) is 4.90 Å². The molecule has 0 aromatic heterocycles. The summed E-state index contributed by atoms with van der Waals surface area (Å²) in [7, 11) is 0. The quantitative estimate of drug-likeness (QED) is 0.571. The van der Waals surface area contributed by atoms with Crippen molar-refractivity contribution in [1.29, 1.82) is 0 Å². The largest absolute Gasteiger partial charge is 0.416 e. The summed E-state index contributed by atoms with van der Waals surface area (Å²) in [6.45, 7) is 3.27. The second kappa shape index (κ2) is 8.01. The third-order valence-electron chi connectivity index (χ3n) is 6.22. The highest BCUT2D eigenvalue weighted by atomic mass is 19.4. The molecular formula is C23H22F6N2O. The molecule has 4 rings (SSSR count). The van der Waals surface area contributed by atoms with Crippen molar-refractivity contribution >= 4 is 11.6 Å². The molecule has 1 saturated heterocycles. The van der Waals surface area contributed by atoms with E-state index in [9.17, 15) is 31.1 Å². The second-order valence-corrected chi connectivity index (χ2v) is 8.38. The molecule has 1 heterocycles. The minimum Gasteiger partial charge on any atom is -0.368 e. The van der Waals surface area contributed by atoms with Crippen molar-refractivity contribution in [3.8, 4) is 0 Å². The fraction of sp³-hybridized carbons (Fsp3) is 0.435. The fourth-order valence-electron chi connectivity index (χ4n) is 4.31. The minimum atomic E-state index is -4.43. The van der Waals surface area contributed by atoms with Gasteiger partial charge in [-0.2, -0.15) is 26.3 Å². The number of anilines is 1. The number of alkyl halides is 6. The summed E-state index contributed by atoms with van der Waals surface area (Å²) in [4.78, 5) is 16.4. The van der Waals surface area contributed by atoms with Gasteiger partial charge in [0, 0.05) is 37.8 Å².